The number of hydrogen-bond donors (Lipinski definition) is 2. The Morgan fingerprint density at radius 1 is 1.33 bits per heavy atom. The number of anilines is 1. The van der Waals surface area contributed by atoms with Crippen LogP contribution in [0.4, 0.5) is 18.9 Å². The third-order valence-electron chi connectivity index (χ3n) is 3.20. The lowest BCUT2D eigenvalue weighted by molar-refractivity contribution is -0.137. The Labute approximate surface area is 119 Å². The first-order valence-corrected chi connectivity index (χ1v) is 6.18. The van der Waals surface area contributed by atoms with Crippen molar-refractivity contribution in [2.45, 2.75) is 26.6 Å². The molecule has 0 bridgehead atoms. The number of nitrogens with zero attached hydrogens (tertiary/aromatic N) is 2. The highest BCUT2D eigenvalue weighted by Gasteiger charge is 2.33. The number of alkyl halides is 3. The average molecular weight is 294 g/mol. The molecular formula is C14H13F3N4. The van der Waals surface area contributed by atoms with Crippen LogP contribution < -0.4 is 5.32 Å². The monoisotopic (exact) mass is 294 g/mol. The van der Waals surface area contributed by atoms with Crippen molar-refractivity contribution in [3.63, 3.8) is 0 Å². The van der Waals surface area contributed by atoms with Crippen LogP contribution in [-0.4, -0.2) is 10.2 Å². The zero-order valence-corrected chi connectivity index (χ0v) is 11.5. The van der Waals surface area contributed by atoms with Gasteiger partial charge in [-0.2, -0.15) is 23.5 Å². The fourth-order valence-corrected chi connectivity index (χ4v) is 2.01. The Kier molecular flexibility index (Phi) is 3.89. The lowest BCUT2D eigenvalue weighted by Crippen LogP contribution is -2.09. The summed E-state index contributed by atoms with van der Waals surface area (Å²) in [6.45, 7) is 4.02. The van der Waals surface area contributed by atoms with Crippen molar-refractivity contribution in [1.29, 1.82) is 5.26 Å². The number of H-pyrrole nitrogens is 1. The Bertz CT molecular complexity index is 676. The number of nitrogens with one attached hydrogen (secondary N) is 2. The first kappa shape index (κ1) is 14.9. The molecule has 0 fully saturated rings. The van der Waals surface area contributed by atoms with Crippen molar-refractivity contribution in [2.24, 2.45) is 0 Å². The van der Waals surface area contributed by atoms with E-state index in [-0.39, 0.29) is 5.56 Å². The summed E-state index contributed by atoms with van der Waals surface area (Å²) in [4.78, 5) is 0. The normalized spacial score (nSPS) is 11.2. The van der Waals surface area contributed by atoms with Gasteiger partial charge in [0.15, 0.2) is 0 Å². The largest absolute Gasteiger partial charge is 0.417 e. The van der Waals surface area contributed by atoms with E-state index in [1.54, 1.807) is 6.07 Å². The molecule has 2 aromatic rings. The first-order valence-electron chi connectivity index (χ1n) is 6.18. The standard InChI is InChI=1S/C14H13F3N4/c1-8-12(9(2)21-20-8)7-19-11-4-3-10(6-18)13(5-11)14(15,16)17/h3-5,19H,7H2,1-2H3,(H,20,21). The van der Waals surface area contributed by atoms with Gasteiger partial charge in [-0.15, -0.1) is 0 Å². The molecular weight excluding hydrogens is 281 g/mol. The fraction of sp³-hybridized carbons (Fsp3) is 0.286. The molecule has 21 heavy (non-hydrogen) atoms. The molecule has 0 aliphatic carbocycles. The van der Waals surface area contributed by atoms with Crippen molar-refractivity contribution < 1.29 is 13.2 Å². The van der Waals surface area contributed by atoms with E-state index in [0.717, 1.165) is 23.0 Å². The summed E-state index contributed by atoms with van der Waals surface area (Å²) in [5.74, 6) is 0. The number of aryl methyl sites for hydroxylation is 2. The number of hydrogen-bond acceptors (Lipinski definition) is 3. The molecule has 0 unspecified atom stereocenters. The van der Waals surface area contributed by atoms with Crippen LogP contribution in [0.1, 0.15) is 28.1 Å². The van der Waals surface area contributed by atoms with E-state index >= 15 is 0 Å². The Balaban J connectivity index is 2.24. The Morgan fingerprint density at radius 3 is 2.57 bits per heavy atom. The number of halogens is 3. The van der Waals surface area contributed by atoms with Gasteiger partial charge >= 0.3 is 6.18 Å². The van der Waals surface area contributed by atoms with E-state index in [0.29, 0.717) is 12.2 Å². The second-order valence-electron chi connectivity index (χ2n) is 4.64. The Morgan fingerprint density at radius 2 is 2.05 bits per heavy atom. The van der Waals surface area contributed by atoms with E-state index in [1.165, 1.54) is 12.1 Å². The van der Waals surface area contributed by atoms with E-state index in [1.807, 2.05) is 13.8 Å². The van der Waals surface area contributed by atoms with Crippen LogP contribution in [-0.2, 0) is 12.7 Å². The van der Waals surface area contributed by atoms with Crippen LogP contribution in [0.5, 0.6) is 0 Å². The van der Waals surface area contributed by atoms with Crippen LogP contribution in [0.25, 0.3) is 0 Å². The minimum atomic E-state index is -4.55. The number of aromatic nitrogens is 2. The van der Waals surface area contributed by atoms with Crippen molar-refractivity contribution in [3.05, 3.63) is 46.3 Å². The molecule has 0 saturated carbocycles. The molecule has 0 saturated heterocycles. The minimum absolute atomic E-state index is 0.307. The van der Waals surface area contributed by atoms with Gasteiger partial charge in [0.1, 0.15) is 0 Å². The van der Waals surface area contributed by atoms with Crippen LogP contribution in [0.3, 0.4) is 0 Å². The van der Waals surface area contributed by atoms with Crippen LogP contribution in [0.2, 0.25) is 0 Å². The molecule has 4 nitrogen and oxygen atoms in total. The van der Waals surface area contributed by atoms with Gasteiger partial charge in [-0.05, 0) is 32.0 Å². The summed E-state index contributed by atoms with van der Waals surface area (Å²) in [6, 6.07) is 5.13. The third-order valence-corrected chi connectivity index (χ3v) is 3.20. The van der Waals surface area contributed by atoms with Crippen molar-refractivity contribution >= 4 is 5.69 Å². The average Bonchev–Trinajstić information content (AvgIpc) is 2.74. The lowest BCUT2D eigenvalue weighted by atomic mass is 10.1. The summed E-state index contributed by atoms with van der Waals surface area (Å²) < 4.78 is 38.6. The summed E-state index contributed by atoms with van der Waals surface area (Å²) in [7, 11) is 0. The number of nitriles is 1. The molecule has 1 aromatic carbocycles. The fourth-order valence-electron chi connectivity index (χ4n) is 2.01. The van der Waals surface area contributed by atoms with Gasteiger partial charge in [-0.25, -0.2) is 0 Å². The third kappa shape index (κ3) is 3.16. The summed E-state index contributed by atoms with van der Waals surface area (Å²) in [5, 5.41) is 18.5. The molecule has 0 amide bonds. The molecule has 7 heteroatoms. The maximum atomic E-state index is 12.9. The molecule has 0 spiro atoms. The number of benzene rings is 1. The molecule has 2 rings (SSSR count). The van der Waals surface area contributed by atoms with Crippen LogP contribution in [0.15, 0.2) is 18.2 Å². The van der Waals surface area contributed by atoms with E-state index in [2.05, 4.69) is 15.5 Å². The van der Waals surface area contributed by atoms with Crippen molar-refractivity contribution in [3.8, 4) is 6.07 Å². The molecule has 0 radical (unpaired) electrons. The zero-order chi connectivity index (χ0) is 15.6. The highest BCUT2D eigenvalue weighted by molar-refractivity contribution is 5.53. The van der Waals surface area contributed by atoms with Gasteiger partial charge in [0.05, 0.1) is 22.9 Å². The maximum Gasteiger partial charge on any atom is 0.417 e. The van der Waals surface area contributed by atoms with E-state index < -0.39 is 11.7 Å². The minimum Gasteiger partial charge on any atom is -0.381 e. The van der Waals surface area contributed by atoms with Crippen LogP contribution in [0, 0.1) is 25.2 Å². The predicted molar refractivity (Wildman–Crippen MR) is 71.5 cm³/mol. The molecule has 0 atom stereocenters. The summed E-state index contributed by atoms with van der Waals surface area (Å²) in [5.41, 5.74) is 1.56. The van der Waals surface area contributed by atoms with E-state index in [9.17, 15) is 13.2 Å². The molecule has 0 aliphatic rings. The molecule has 1 heterocycles. The Hall–Kier alpha value is -2.49. The topological polar surface area (TPSA) is 64.5 Å². The van der Waals surface area contributed by atoms with Gasteiger partial charge in [0.2, 0.25) is 0 Å². The van der Waals surface area contributed by atoms with Gasteiger partial charge in [-0.1, -0.05) is 0 Å². The van der Waals surface area contributed by atoms with Crippen molar-refractivity contribution in [1.82, 2.24) is 10.2 Å². The highest BCUT2D eigenvalue weighted by Crippen LogP contribution is 2.33. The molecule has 0 aliphatic heterocycles. The molecule has 1 aromatic heterocycles. The number of aromatic amines is 1. The second kappa shape index (κ2) is 5.48. The van der Waals surface area contributed by atoms with Gasteiger partial charge < -0.3 is 5.32 Å². The highest BCUT2D eigenvalue weighted by atomic mass is 19.4. The first-order chi connectivity index (χ1) is 9.82. The zero-order valence-electron chi connectivity index (χ0n) is 11.5. The summed E-state index contributed by atoms with van der Waals surface area (Å²) >= 11 is 0. The number of rotatable bonds is 3. The van der Waals surface area contributed by atoms with E-state index in [4.69, 9.17) is 5.26 Å². The van der Waals surface area contributed by atoms with Gasteiger partial charge in [0, 0.05) is 23.5 Å². The lowest BCUT2D eigenvalue weighted by Gasteiger charge is -2.12. The molecule has 2 N–H and O–H groups in total. The second-order valence-corrected chi connectivity index (χ2v) is 4.64. The maximum absolute atomic E-state index is 12.9. The van der Waals surface area contributed by atoms with Crippen molar-refractivity contribution in [2.75, 3.05) is 5.32 Å². The smallest absolute Gasteiger partial charge is 0.381 e. The summed E-state index contributed by atoms with van der Waals surface area (Å²) in [6.07, 6.45) is -4.55. The quantitative estimate of drug-likeness (QED) is 0.910. The predicted octanol–water partition coefficient (Wildman–Crippen LogP) is 3.53. The van der Waals surface area contributed by atoms with Gasteiger partial charge in [0.25, 0.3) is 0 Å². The SMILES string of the molecule is Cc1n[nH]c(C)c1CNc1ccc(C#N)c(C(F)(F)F)c1. The molecule has 110 valence electrons. The van der Waals surface area contributed by atoms with Gasteiger partial charge in [-0.3, -0.25) is 5.10 Å². The van der Waals surface area contributed by atoms with Crippen LogP contribution >= 0.6 is 0 Å².